The lowest BCUT2D eigenvalue weighted by Gasteiger charge is -2.25. The van der Waals surface area contributed by atoms with Crippen molar-refractivity contribution in [1.82, 2.24) is 0 Å². The van der Waals surface area contributed by atoms with Crippen molar-refractivity contribution in [2.75, 3.05) is 13.9 Å². The quantitative estimate of drug-likeness (QED) is 0.424. The third-order valence-electron chi connectivity index (χ3n) is 3.16. The first kappa shape index (κ1) is 15.2. The average molecular weight is 270 g/mol. The minimum Gasteiger partial charge on any atom is -0.469 e. The van der Waals surface area contributed by atoms with Gasteiger partial charge in [-0.2, -0.15) is 0 Å². The van der Waals surface area contributed by atoms with Crippen LogP contribution in [0.25, 0.3) is 0 Å². The number of hydrogen-bond acceptors (Lipinski definition) is 6. The Kier molecular flexibility index (Phi) is 6.05. The molecule has 1 rings (SSSR count). The molecule has 0 aromatic carbocycles. The molecule has 6 heteroatoms. The second-order valence-corrected chi connectivity index (χ2v) is 4.32. The summed E-state index contributed by atoms with van der Waals surface area (Å²) in [5.41, 5.74) is 0. The molecule has 1 saturated carbocycles. The largest absolute Gasteiger partial charge is 0.469 e. The Balaban J connectivity index is 2.27. The lowest BCUT2D eigenvalue weighted by molar-refractivity contribution is -0.169. The van der Waals surface area contributed by atoms with Crippen LogP contribution in [0, 0.1) is 11.8 Å². The van der Waals surface area contributed by atoms with Crippen molar-refractivity contribution in [1.29, 1.82) is 0 Å². The van der Waals surface area contributed by atoms with Gasteiger partial charge in [0.25, 0.3) is 0 Å². The van der Waals surface area contributed by atoms with E-state index in [1.807, 2.05) is 0 Å². The van der Waals surface area contributed by atoms with Gasteiger partial charge in [0.2, 0.25) is 6.79 Å². The topological polar surface area (TPSA) is 78.9 Å². The Morgan fingerprint density at radius 3 is 2.05 bits per heavy atom. The van der Waals surface area contributed by atoms with Gasteiger partial charge in [-0.25, -0.2) is 4.79 Å². The number of rotatable bonds is 5. The van der Waals surface area contributed by atoms with Gasteiger partial charge in [0.1, 0.15) is 0 Å². The van der Waals surface area contributed by atoms with E-state index in [0.717, 1.165) is 6.08 Å². The normalized spacial score (nSPS) is 22.2. The van der Waals surface area contributed by atoms with Crippen LogP contribution < -0.4 is 0 Å². The summed E-state index contributed by atoms with van der Waals surface area (Å²) < 4.78 is 14.1. The fourth-order valence-electron chi connectivity index (χ4n) is 2.05. The van der Waals surface area contributed by atoms with E-state index >= 15 is 0 Å². The first-order chi connectivity index (χ1) is 9.08. The molecular formula is C13H18O6. The molecule has 0 aromatic rings. The second-order valence-electron chi connectivity index (χ2n) is 4.32. The molecule has 1 aliphatic carbocycles. The fourth-order valence-corrected chi connectivity index (χ4v) is 2.05. The van der Waals surface area contributed by atoms with Crippen LogP contribution in [0.4, 0.5) is 0 Å². The smallest absolute Gasteiger partial charge is 0.333 e. The second kappa shape index (κ2) is 7.56. The summed E-state index contributed by atoms with van der Waals surface area (Å²) in [6.45, 7) is 2.82. The van der Waals surface area contributed by atoms with Crippen molar-refractivity contribution in [2.24, 2.45) is 11.8 Å². The lowest BCUT2D eigenvalue weighted by Crippen LogP contribution is -2.28. The van der Waals surface area contributed by atoms with Gasteiger partial charge in [-0.1, -0.05) is 6.58 Å². The number of hydrogen-bond donors (Lipinski definition) is 0. The molecule has 1 fully saturated rings. The van der Waals surface area contributed by atoms with Gasteiger partial charge in [-0.05, 0) is 25.7 Å². The van der Waals surface area contributed by atoms with Crippen molar-refractivity contribution in [3.05, 3.63) is 12.7 Å². The molecule has 106 valence electrons. The third-order valence-corrected chi connectivity index (χ3v) is 3.16. The molecular weight excluding hydrogens is 252 g/mol. The summed E-state index contributed by atoms with van der Waals surface area (Å²) in [5, 5.41) is 0. The molecule has 0 radical (unpaired) electrons. The molecule has 0 heterocycles. The zero-order valence-electron chi connectivity index (χ0n) is 10.9. The molecule has 0 atom stereocenters. The zero-order valence-corrected chi connectivity index (χ0v) is 10.9. The standard InChI is InChI=1S/C13H18O6/c1-3-11(14)18-8-19-13(16)10-6-4-9(5-7-10)12(15)17-2/h3,9-10H,1,4-8H2,2H3. The van der Waals surface area contributed by atoms with E-state index in [0.29, 0.717) is 25.7 Å². The minimum absolute atomic E-state index is 0.132. The lowest BCUT2D eigenvalue weighted by atomic mass is 9.82. The number of carbonyl (C=O) groups excluding carboxylic acids is 3. The van der Waals surface area contributed by atoms with Gasteiger partial charge in [0.05, 0.1) is 18.9 Å². The Hall–Kier alpha value is -1.85. The highest BCUT2D eigenvalue weighted by Crippen LogP contribution is 2.30. The van der Waals surface area contributed by atoms with Gasteiger partial charge in [0, 0.05) is 6.08 Å². The van der Waals surface area contributed by atoms with Gasteiger partial charge in [-0.15, -0.1) is 0 Å². The van der Waals surface area contributed by atoms with E-state index in [4.69, 9.17) is 4.74 Å². The summed E-state index contributed by atoms with van der Waals surface area (Å²) in [7, 11) is 1.36. The molecule has 6 nitrogen and oxygen atoms in total. The molecule has 0 saturated heterocycles. The maximum absolute atomic E-state index is 11.7. The van der Waals surface area contributed by atoms with Crippen LogP contribution in [0.15, 0.2) is 12.7 Å². The molecule has 0 spiro atoms. The molecule has 0 N–H and O–H groups in total. The van der Waals surface area contributed by atoms with Gasteiger partial charge < -0.3 is 14.2 Å². The molecule has 0 aliphatic heterocycles. The van der Waals surface area contributed by atoms with Crippen LogP contribution >= 0.6 is 0 Å². The molecule has 0 unspecified atom stereocenters. The van der Waals surface area contributed by atoms with Crippen LogP contribution in [-0.4, -0.2) is 31.8 Å². The number of ether oxygens (including phenoxy) is 3. The predicted octanol–water partition coefficient (Wildman–Crippen LogP) is 1.20. The van der Waals surface area contributed by atoms with E-state index < -0.39 is 18.7 Å². The summed E-state index contributed by atoms with van der Waals surface area (Å²) in [6.07, 6.45) is 3.37. The van der Waals surface area contributed by atoms with Crippen LogP contribution in [0.3, 0.4) is 0 Å². The van der Waals surface area contributed by atoms with Gasteiger partial charge >= 0.3 is 17.9 Å². The summed E-state index contributed by atoms with van der Waals surface area (Å²) >= 11 is 0. The molecule has 0 aromatic heterocycles. The zero-order chi connectivity index (χ0) is 14.3. The Bertz CT molecular complexity index is 354. The van der Waals surface area contributed by atoms with E-state index in [1.165, 1.54) is 7.11 Å². The SMILES string of the molecule is C=CC(=O)OCOC(=O)C1CCC(C(=O)OC)CC1. The van der Waals surface area contributed by atoms with E-state index in [1.54, 1.807) is 0 Å². The van der Waals surface area contributed by atoms with E-state index in [2.05, 4.69) is 16.1 Å². The Morgan fingerprint density at radius 2 is 1.58 bits per heavy atom. The van der Waals surface area contributed by atoms with Crippen molar-refractivity contribution < 1.29 is 28.6 Å². The van der Waals surface area contributed by atoms with Crippen LogP contribution in [-0.2, 0) is 28.6 Å². The van der Waals surface area contributed by atoms with Crippen LogP contribution in [0.2, 0.25) is 0 Å². The number of methoxy groups -OCH3 is 1. The minimum atomic E-state index is -0.637. The summed E-state index contributed by atoms with van der Waals surface area (Å²) in [5.74, 6) is -1.65. The number of esters is 3. The maximum Gasteiger partial charge on any atom is 0.333 e. The Labute approximate surface area is 111 Å². The van der Waals surface area contributed by atoms with Gasteiger partial charge in [-0.3, -0.25) is 9.59 Å². The highest BCUT2D eigenvalue weighted by atomic mass is 16.7. The first-order valence-corrected chi connectivity index (χ1v) is 6.12. The first-order valence-electron chi connectivity index (χ1n) is 6.12. The van der Waals surface area contributed by atoms with Gasteiger partial charge in [0.15, 0.2) is 0 Å². The molecule has 19 heavy (non-hydrogen) atoms. The third kappa shape index (κ3) is 4.73. The van der Waals surface area contributed by atoms with Crippen molar-refractivity contribution in [3.8, 4) is 0 Å². The summed E-state index contributed by atoms with van der Waals surface area (Å²) in [4.78, 5) is 33.7. The maximum atomic E-state index is 11.7. The molecule has 0 bridgehead atoms. The molecule has 0 amide bonds. The highest BCUT2D eigenvalue weighted by Gasteiger charge is 2.31. The van der Waals surface area contributed by atoms with Crippen molar-refractivity contribution in [3.63, 3.8) is 0 Å². The predicted molar refractivity (Wildman–Crippen MR) is 64.7 cm³/mol. The van der Waals surface area contributed by atoms with Crippen molar-refractivity contribution >= 4 is 17.9 Å². The van der Waals surface area contributed by atoms with E-state index in [9.17, 15) is 14.4 Å². The highest BCUT2D eigenvalue weighted by molar-refractivity contribution is 5.81. The summed E-state index contributed by atoms with van der Waals surface area (Å²) in [6, 6.07) is 0. The monoisotopic (exact) mass is 270 g/mol. The number of carbonyl (C=O) groups is 3. The molecule has 1 aliphatic rings. The Morgan fingerprint density at radius 1 is 1.05 bits per heavy atom. The fraction of sp³-hybridized carbons (Fsp3) is 0.615. The van der Waals surface area contributed by atoms with Crippen molar-refractivity contribution in [2.45, 2.75) is 25.7 Å². The van der Waals surface area contributed by atoms with E-state index in [-0.39, 0.29) is 17.8 Å². The van der Waals surface area contributed by atoms with Crippen LogP contribution in [0.5, 0.6) is 0 Å². The van der Waals surface area contributed by atoms with Crippen LogP contribution in [0.1, 0.15) is 25.7 Å². The average Bonchev–Trinajstić information content (AvgIpc) is 2.46.